The van der Waals surface area contributed by atoms with Crippen LogP contribution >= 0.6 is 0 Å². The van der Waals surface area contributed by atoms with E-state index in [1.165, 1.54) is 0 Å². The van der Waals surface area contributed by atoms with E-state index < -0.39 is 17.3 Å². The highest BCUT2D eigenvalue weighted by Gasteiger charge is 2.35. The Morgan fingerprint density at radius 2 is 1.72 bits per heavy atom. The molecule has 0 radical (unpaired) electrons. The molecule has 2 aromatic carbocycles. The molecule has 2 fully saturated rings. The summed E-state index contributed by atoms with van der Waals surface area (Å²) in [5.74, 6) is 0.597. The number of carbonyl (C=O) groups is 2. The molecule has 0 N–H and O–H groups in total. The normalized spacial score (nSPS) is 19.6. The van der Waals surface area contributed by atoms with Crippen molar-refractivity contribution in [3.8, 4) is 0 Å². The number of halogens is 3. The van der Waals surface area contributed by atoms with Crippen LogP contribution in [0, 0.1) is 0 Å². The van der Waals surface area contributed by atoms with Gasteiger partial charge in [-0.15, -0.1) is 0 Å². The molecule has 47 heavy (non-hydrogen) atoms. The van der Waals surface area contributed by atoms with E-state index in [1.54, 1.807) is 17.0 Å². The van der Waals surface area contributed by atoms with Gasteiger partial charge in [0.05, 0.1) is 17.8 Å². The van der Waals surface area contributed by atoms with Gasteiger partial charge >= 0.3 is 12.3 Å². The molecule has 9 nitrogen and oxygen atoms in total. The number of para-hydroxylation sites is 1. The van der Waals surface area contributed by atoms with E-state index in [0.29, 0.717) is 49.4 Å². The average molecular weight is 649 g/mol. The first-order valence-corrected chi connectivity index (χ1v) is 16.0. The SMILES string of the molecule is O=C(c1ccc2oc(CN3CCCC[C@H]3Cn3cc(C(F)(F)F)ccc3=O)cc2c1)N1CCC(N2C(=O)OCc3ccccc32)CC1. The van der Waals surface area contributed by atoms with Crippen molar-refractivity contribution in [2.45, 2.75) is 70.1 Å². The van der Waals surface area contributed by atoms with Crippen LogP contribution in [0.15, 0.2) is 76.1 Å². The van der Waals surface area contributed by atoms with E-state index in [2.05, 4.69) is 4.90 Å². The van der Waals surface area contributed by atoms with Gasteiger partial charge in [0.25, 0.3) is 11.5 Å². The molecule has 2 amide bonds. The summed E-state index contributed by atoms with van der Waals surface area (Å²) in [5.41, 5.74) is 1.72. The lowest BCUT2D eigenvalue weighted by atomic mass is 10.00. The van der Waals surface area contributed by atoms with Gasteiger partial charge in [0, 0.05) is 60.5 Å². The molecule has 7 rings (SSSR count). The lowest BCUT2D eigenvalue weighted by Crippen LogP contribution is -2.50. The highest BCUT2D eigenvalue weighted by atomic mass is 19.4. The number of pyridine rings is 1. The Balaban J connectivity index is 1.01. The molecular weight excluding hydrogens is 613 g/mol. The molecule has 3 aliphatic rings. The number of likely N-dealkylation sites (tertiary alicyclic amines) is 2. The Bertz CT molecular complexity index is 1860. The van der Waals surface area contributed by atoms with Crippen molar-refractivity contribution in [1.29, 1.82) is 0 Å². The lowest BCUT2D eigenvalue weighted by Gasteiger charge is -2.40. The van der Waals surface area contributed by atoms with Crippen LogP contribution in [0.3, 0.4) is 0 Å². The van der Waals surface area contributed by atoms with Gasteiger partial charge in [-0.2, -0.15) is 13.2 Å². The second-order valence-electron chi connectivity index (χ2n) is 12.6. The Kier molecular flexibility index (Phi) is 8.29. The fourth-order valence-corrected chi connectivity index (χ4v) is 7.08. The largest absolute Gasteiger partial charge is 0.460 e. The van der Waals surface area contributed by atoms with Crippen LogP contribution in [0.2, 0.25) is 0 Å². The maximum absolute atomic E-state index is 13.5. The van der Waals surface area contributed by atoms with E-state index in [-0.39, 0.29) is 37.2 Å². The Labute approximate surface area is 269 Å². The predicted octanol–water partition coefficient (Wildman–Crippen LogP) is 6.43. The van der Waals surface area contributed by atoms with E-state index >= 15 is 0 Å². The highest BCUT2D eigenvalue weighted by Crippen LogP contribution is 2.33. The molecule has 4 aromatic rings. The smallest absolute Gasteiger partial charge is 0.417 e. The summed E-state index contributed by atoms with van der Waals surface area (Å²) in [6, 6.07) is 16.6. The van der Waals surface area contributed by atoms with E-state index in [0.717, 1.165) is 65.3 Å². The fraction of sp³-hybridized carbons (Fsp3) is 0.400. The monoisotopic (exact) mass is 648 g/mol. The number of carbonyl (C=O) groups excluding carboxylic acids is 2. The first kappa shape index (κ1) is 31.0. The van der Waals surface area contributed by atoms with Gasteiger partial charge in [0.15, 0.2) is 0 Å². The van der Waals surface area contributed by atoms with Crippen molar-refractivity contribution in [3.63, 3.8) is 0 Å². The minimum Gasteiger partial charge on any atom is -0.460 e. The molecule has 5 heterocycles. The maximum Gasteiger partial charge on any atom is 0.417 e. The predicted molar refractivity (Wildman–Crippen MR) is 168 cm³/mol. The summed E-state index contributed by atoms with van der Waals surface area (Å²) in [4.78, 5) is 44.3. The van der Waals surface area contributed by atoms with Crippen molar-refractivity contribution < 1.29 is 31.9 Å². The van der Waals surface area contributed by atoms with Crippen molar-refractivity contribution in [1.82, 2.24) is 14.4 Å². The maximum atomic E-state index is 13.5. The van der Waals surface area contributed by atoms with E-state index in [9.17, 15) is 27.6 Å². The Morgan fingerprint density at radius 1 is 0.915 bits per heavy atom. The number of aromatic nitrogens is 1. The first-order chi connectivity index (χ1) is 22.6. The highest BCUT2D eigenvalue weighted by molar-refractivity contribution is 5.98. The molecule has 2 saturated heterocycles. The zero-order chi connectivity index (χ0) is 32.7. The first-order valence-electron chi connectivity index (χ1n) is 16.0. The van der Waals surface area contributed by atoms with Gasteiger partial charge in [-0.25, -0.2) is 4.79 Å². The number of ether oxygens (including phenoxy) is 1. The van der Waals surface area contributed by atoms with Crippen LogP contribution in [0.25, 0.3) is 11.0 Å². The van der Waals surface area contributed by atoms with Crippen molar-refractivity contribution >= 4 is 28.7 Å². The summed E-state index contributed by atoms with van der Waals surface area (Å²) in [6.45, 7) is 2.61. The number of rotatable bonds is 6. The van der Waals surface area contributed by atoms with Crippen molar-refractivity contribution in [3.05, 3.63) is 99.7 Å². The standard InChI is InChI=1S/C35H35F3N4O5/c36-35(37,38)26-9-11-32(43)41(19-26)20-28-6-3-4-14-40(28)21-29-18-25-17-23(8-10-31(25)47-29)33(44)39-15-12-27(13-16-39)42-30-7-2-1-5-24(30)22-46-34(42)45/h1-2,5,7-11,17-19,27-28H,3-4,6,12-16,20-22H2/t28-/m0/s1. The summed E-state index contributed by atoms with van der Waals surface area (Å²) in [7, 11) is 0. The molecule has 0 saturated carbocycles. The van der Waals surface area contributed by atoms with Crippen LogP contribution < -0.4 is 10.5 Å². The zero-order valence-corrected chi connectivity index (χ0v) is 25.7. The van der Waals surface area contributed by atoms with Crippen molar-refractivity contribution in [2.24, 2.45) is 0 Å². The zero-order valence-electron chi connectivity index (χ0n) is 25.7. The topological polar surface area (TPSA) is 88.2 Å². The minimum absolute atomic E-state index is 0.0577. The van der Waals surface area contributed by atoms with E-state index in [4.69, 9.17) is 9.15 Å². The van der Waals surface area contributed by atoms with Gasteiger partial charge in [-0.1, -0.05) is 24.6 Å². The molecule has 1 atom stereocenters. The third-order valence-corrected chi connectivity index (χ3v) is 9.56. The number of anilines is 1. The molecule has 246 valence electrons. The average Bonchev–Trinajstić information content (AvgIpc) is 3.47. The molecule has 0 bridgehead atoms. The van der Waals surface area contributed by atoms with E-state index in [1.807, 2.05) is 41.3 Å². The van der Waals surface area contributed by atoms with Crippen LogP contribution in [0.5, 0.6) is 0 Å². The number of piperidine rings is 2. The fourth-order valence-electron chi connectivity index (χ4n) is 7.08. The summed E-state index contributed by atoms with van der Waals surface area (Å²) in [6.07, 6.45) is -0.0877. The second kappa shape index (κ2) is 12.6. The molecule has 2 aromatic heterocycles. The Hall–Kier alpha value is -4.58. The lowest BCUT2D eigenvalue weighted by molar-refractivity contribution is -0.138. The number of fused-ring (bicyclic) bond motifs is 2. The molecule has 0 spiro atoms. The van der Waals surface area contributed by atoms with Crippen LogP contribution in [-0.4, -0.2) is 58.1 Å². The number of hydrogen-bond donors (Lipinski definition) is 0. The van der Waals surface area contributed by atoms with Gasteiger partial charge in [-0.3, -0.25) is 19.4 Å². The third kappa shape index (κ3) is 6.38. The minimum atomic E-state index is -4.53. The number of nitrogens with zero attached hydrogens (tertiary/aromatic N) is 4. The number of amides is 2. The summed E-state index contributed by atoms with van der Waals surface area (Å²) < 4.78 is 52.6. The number of furan rings is 1. The number of cyclic esters (lactones) is 1. The number of alkyl halides is 3. The summed E-state index contributed by atoms with van der Waals surface area (Å²) >= 11 is 0. The van der Waals surface area contributed by atoms with Crippen LogP contribution in [-0.2, 0) is 30.6 Å². The molecule has 3 aliphatic heterocycles. The van der Waals surface area contributed by atoms with Gasteiger partial charge < -0.3 is 18.6 Å². The van der Waals surface area contributed by atoms with Gasteiger partial charge in [0.1, 0.15) is 18.0 Å². The Morgan fingerprint density at radius 3 is 2.53 bits per heavy atom. The molecule has 0 aliphatic carbocycles. The number of hydrogen-bond acceptors (Lipinski definition) is 6. The van der Waals surface area contributed by atoms with Crippen LogP contribution in [0.4, 0.5) is 23.7 Å². The van der Waals surface area contributed by atoms with Crippen molar-refractivity contribution in [2.75, 3.05) is 24.5 Å². The van der Waals surface area contributed by atoms with Crippen LogP contribution in [0.1, 0.15) is 59.3 Å². The summed E-state index contributed by atoms with van der Waals surface area (Å²) in [5, 5.41) is 0.788. The van der Waals surface area contributed by atoms with Gasteiger partial charge in [0.2, 0.25) is 0 Å². The third-order valence-electron chi connectivity index (χ3n) is 9.56. The molecule has 0 unspecified atom stereocenters. The molecule has 12 heteroatoms. The van der Waals surface area contributed by atoms with Gasteiger partial charge in [-0.05, 0) is 68.6 Å². The molecular formula is C35H35F3N4O5. The number of benzene rings is 2. The second-order valence-corrected chi connectivity index (χ2v) is 12.6. The quantitative estimate of drug-likeness (QED) is 0.240.